The highest BCUT2D eigenvalue weighted by Gasteiger charge is 2.28. The second-order valence-corrected chi connectivity index (χ2v) is 8.91. The third kappa shape index (κ3) is 7.69. The molecule has 3 aromatic rings. The van der Waals surface area contributed by atoms with Crippen molar-refractivity contribution in [3.05, 3.63) is 107 Å². The van der Waals surface area contributed by atoms with E-state index >= 15 is 0 Å². The number of nitrogens with zero attached hydrogens (tertiary/aromatic N) is 1. The second kappa shape index (κ2) is 12.7. The minimum atomic E-state index is -0.928. The molecule has 35 heavy (non-hydrogen) atoms. The zero-order chi connectivity index (χ0) is 25.2. The first-order chi connectivity index (χ1) is 16.8. The molecular weight excluding hydrogens is 464 g/mol. The Hall–Kier alpha value is -3.64. The van der Waals surface area contributed by atoms with Crippen molar-refractivity contribution in [1.29, 1.82) is 0 Å². The number of hydrogen-bond acceptors (Lipinski definition) is 4. The van der Waals surface area contributed by atoms with Gasteiger partial charge in [0.1, 0.15) is 6.04 Å². The fraction of sp³-hybridized carbons (Fsp3) is 0.250. The molecular formula is C28H29ClN2O4. The maximum absolute atomic E-state index is 13.1. The topological polar surface area (TPSA) is 75.7 Å². The minimum absolute atomic E-state index is 0.256. The van der Waals surface area contributed by atoms with E-state index in [4.69, 9.17) is 16.3 Å². The first kappa shape index (κ1) is 26.0. The number of carbonyl (C=O) groups is 3. The van der Waals surface area contributed by atoms with E-state index in [9.17, 15) is 14.4 Å². The number of rotatable bonds is 10. The lowest BCUT2D eigenvalue weighted by Gasteiger charge is -2.25. The lowest BCUT2D eigenvalue weighted by molar-refractivity contribution is -0.155. The second-order valence-electron chi connectivity index (χ2n) is 8.50. The van der Waals surface area contributed by atoms with Gasteiger partial charge in [-0.3, -0.25) is 9.59 Å². The molecule has 0 bridgehead atoms. The molecule has 0 spiro atoms. The summed E-state index contributed by atoms with van der Waals surface area (Å²) >= 11 is 6.11. The van der Waals surface area contributed by atoms with E-state index in [1.54, 1.807) is 43.0 Å². The molecule has 1 N–H and O–H groups in total. The van der Waals surface area contributed by atoms with Crippen molar-refractivity contribution in [2.24, 2.45) is 5.92 Å². The number of hydrogen-bond donors (Lipinski definition) is 1. The lowest BCUT2D eigenvalue weighted by atomic mass is 10.0. The summed E-state index contributed by atoms with van der Waals surface area (Å²) in [7, 11) is 0. The lowest BCUT2D eigenvalue weighted by Crippen LogP contribution is -2.46. The molecule has 3 rings (SSSR count). The van der Waals surface area contributed by atoms with E-state index in [0.717, 1.165) is 11.1 Å². The molecule has 7 heteroatoms. The van der Waals surface area contributed by atoms with Crippen LogP contribution in [0.1, 0.15) is 35.3 Å². The van der Waals surface area contributed by atoms with Crippen molar-refractivity contribution >= 4 is 29.4 Å². The van der Waals surface area contributed by atoms with Crippen LogP contribution in [0.2, 0.25) is 5.02 Å². The zero-order valence-electron chi connectivity index (χ0n) is 19.8. The Bertz CT molecular complexity index is 1090. The number of ether oxygens (including phenoxy) is 1. The van der Waals surface area contributed by atoms with Gasteiger partial charge in [-0.25, -0.2) is 4.79 Å². The van der Waals surface area contributed by atoms with Crippen molar-refractivity contribution in [2.75, 3.05) is 6.61 Å². The number of esters is 1. The highest BCUT2D eigenvalue weighted by Crippen LogP contribution is 2.16. The largest absolute Gasteiger partial charge is 0.454 e. The fourth-order valence-electron chi connectivity index (χ4n) is 3.52. The first-order valence-electron chi connectivity index (χ1n) is 11.4. The number of nitrogens with one attached hydrogen (secondary N) is 1. The number of amides is 2. The van der Waals surface area contributed by atoms with Crippen LogP contribution in [0.25, 0.3) is 0 Å². The van der Waals surface area contributed by atoms with Gasteiger partial charge in [0.05, 0.1) is 10.6 Å². The Kier molecular flexibility index (Phi) is 9.44. The number of halogens is 1. The summed E-state index contributed by atoms with van der Waals surface area (Å²) in [5, 5.41) is 2.97. The van der Waals surface area contributed by atoms with Gasteiger partial charge < -0.3 is 15.0 Å². The molecule has 6 nitrogen and oxygen atoms in total. The van der Waals surface area contributed by atoms with E-state index < -0.39 is 24.5 Å². The van der Waals surface area contributed by atoms with Crippen LogP contribution >= 0.6 is 11.6 Å². The van der Waals surface area contributed by atoms with Crippen LogP contribution in [0.5, 0.6) is 0 Å². The molecule has 0 saturated heterocycles. The zero-order valence-corrected chi connectivity index (χ0v) is 20.6. The molecule has 0 aliphatic rings. The van der Waals surface area contributed by atoms with E-state index in [1.807, 2.05) is 60.7 Å². The Morgan fingerprint density at radius 2 is 1.34 bits per heavy atom. The van der Waals surface area contributed by atoms with Gasteiger partial charge >= 0.3 is 5.97 Å². The van der Waals surface area contributed by atoms with Gasteiger partial charge in [0.15, 0.2) is 6.61 Å². The van der Waals surface area contributed by atoms with Gasteiger partial charge in [0, 0.05) is 13.1 Å². The molecule has 0 aromatic heterocycles. The van der Waals surface area contributed by atoms with Crippen LogP contribution in [-0.2, 0) is 27.4 Å². The van der Waals surface area contributed by atoms with Crippen LogP contribution < -0.4 is 5.32 Å². The molecule has 0 radical (unpaired) electrons. The van der Waals surface area contributed by atoms with Crippen LogP contribution in [0.3, 0.4) is 0 Å². The monoisotopic (exact) mass is 492 g/mol. The maximum atomic E-state index is 13.1. The average Bonchev–Trinajstić information content (AvgIpc) is 2.86. The summed E-state index contributed by atoms with van der Waals surface area (Å²) < 4.78 is 5.37. The molecule has 0 fully saturated rings. The summed E-state index contributed by atoms with van der Waals surface area (Å²) in [6.07, 6.45) is 0. The van der Waals surface area contributed by atoms with Crippen molar-refractivity contribution in [3.8, 4) is 0 Å². The Balaban J connectivity index is 1.66. The third-order valence-corrected chi connectivity index (χ3v) is 5.78. The van der Waals surface area contributed by atoms with Crippen LogP contribution in [0.15, 0.2) is 84.9 Å². The van der Waals surface area contributed by atoms with E-state index in [2.05, 4.69) is 5.32 Å². The Morgan fingerprint density at radius 3 is 1.86 bits per heavy atom. The van der Waals surface area contributed by atoms with Crippen LogP contribution in [-0.4, -0.2) is 35.3 Å². The maximum Gasteiger partial charge on any atom is 0.329 e. The highest BCUT2D eigenvalue weighted by atomic mass is 35.5. The normalized spacial score (nSPS) is 11.5. The molecule has 0 saturated carbocycles. The van der Waals surface area contributed by atoms with Crippen LogP contribution in [0, 0.1) is 5.92 Å². The van der Waals surface area contributed by atoms with E-state index in [-0.39, 0.29) is 22.4 Å². The molecule has 182 valence electrons. The summed E-state index contributed by atoms with van der Waals surface area (Å²) in [6, 6.07) is 24.9. The van der Waals surface area contributed by atoms with Gasteiger partial charge in [0.2, 0.25) is 0 Å². The molecule has 0 heterocycles. The van der Waals surface area contributed by atoms with Gasteiger partial charge in [-0.15, -0.1) is 0 Å². The quantitative estimate of drug-likeness (QED) is 0.410. The van der Waals surface area contributed by atoms with Gasteiger partial charge in [-0.05, 0) is 29.2 Å². The Morgan fingerprint density at radius 1 is 0.829 bits per heavy atom. The number of benzene rings is 3. The fourth-order valence-corrected chi connectivity index (χ4v) is 3.74. The molecule has 0 aliphatic heterocycles. The average molecular weight is 493 g/mol. The minimum Gasteiger partial charge on any atom is -0.454 e. The van der Waals surface area contributed by atoms with Crippen molar-refractivity contribution < 1.29 is 19.1 Å². The van der Waals surface area contributed by atoms with Gasteiger partial charge in [-0.2, -0.15) is 0 Å². The van der Waals surface area contributed by atoms with Crippen molar-refractivity contribution in [3.63, 3.8) is 0 Å². The first-order valence-corrected chi connectivity index (χ1v) is 11.8. The predicted molar refractivity (Wildman–Crippen MR) is 136 cm³/mol. The third-order valence-electron chi connectivity index (χ3n) is 5.45. The van der Waals surface area contributed by atoms with Crippen molar-refractivity contribution in [2.45, 2.75) is 33.0 Å². The molecule has 0 aliphatic carbocycles. The predicted octanol–water partition coefficient (Wildman–Crippen LogP) is 4.87. The van der Waals surface area contributed by atoms with E-state index in [1.165, 1.54) is 0 Å². The molecule has 2 amide bonds. The standard InChI is InChI=1S/C28H29ClN2O4/c1-20(2)26(30-27(33)23-15-9-10-16-24(23)29)28(34)35-19-25(32)31(17-21-11-5-3-6-12-21)18-22-13-7-4-8-14-22/h3-16,20,26H,17-19H2,1-2H3,(H,30,33)/t26-/m0/s1. The number of carbonyl (C=O) groups excluding carboxylic acids is 3. The molecule has 0 unspecified atom stereocenters. The summed E-state index contributed by atoms with van der Waals surface area (Å²) in [5.41, 5.74) is 2.20. The van der Waals surface area contributed by atoms with Crippen molar-refractivity contribution in [1.82, 2.24) is 10.2 Å². The summed E-state index contributed by atoms with van der Waals surface area (Å²) in [5.74, 6) is -1.74. The summed E-state index contributed by atoms with van der Waals surface area (Å²) in [6.45, 7) is 3.91. The van der Waals surface area contributed by atoms with Crippen LogP contribution in [0.4, 0.5) is 0 Å². The van der Waals surface area contributed by atoms with Gasteiger partial charge in [0.25, 0.3) is 11.8 Å². The SMILES string of the molecule is CC(C)[C@H](NC(=O)c1ccccc1Cl)C(=O)OCC(=O)N(Cc1ccccc1)Cc1ccccc1. The van der Waals surface area contributed by atoms with E-state index in [0.29, 0.717) is 13.1 Å². The molecule has 1 atom stereocenters. The summed E-state index contributed by atoms with van der Waals surface area (Å²) in [4.78, 5) is 40.2. The Labute approximate surface area is 210 Å². The molecule has 3 aromatic carbocycles. The smallest absolute Gasteiger partial charge is 0.329 e. The van der Waals surface area contributed by atoms with Gasteiger partial charge in [-0.1, -0.05) is 98.2 Å². The highest BCUT2D eigenvalue weighted by molar-refractivity contribution is 6.33.